The molecular formula is C12H21NO3. The number of ether oxygens (including phenoxy) is 1. The molecule has 1 aliphatic heterocycles. The largest absolute Gasteiger partial charge is 0.467 e. The molecule has 0 bridgehead atoms. The molecule has 0 aliphatic carbocycles. The minimum atomic E-state index is -0.349. The third-order valence-electron chi connectivity index (χ3n) is 3.34. The van der Waals surface area contributed by atoms with Crippen LogP contribution in [0.5, 0.6) is 0 Å². The average Bonchev–Trinajstić information content (AvgIpc) is 2.78. The molecule has 1 atom stereocenters. The van der Waals surface area contributed by atoms with Crippen LogP contribution < -0.4 is 0 Å². The molecule has 0 aromatic rings. The standard InChI is InChI=1S/C12H21NO3/c1-4-9(5-2)11(14)13-8-6-7-10(13)12(15)16-3/h9-10H,4-8H2,1-3H3. The lowest BCUT2D eigenvalue weighted by Crippen LogP contribution is -2.43. The van der Waals surface area contributed by atoms with Crippen molar-refractivity contribution in [3.8, 4) is 0 Å². The Hall–Kier alpha value is -1.06. The SMILES string of the molecule is CCC(CC)C(=O)N1CCCC1C(=O)OC. The van der Waals surface area contributed by atoms with Crippen molar-refractivity contribution in [1.29, 1.82) is 0 Å². The maximum Gasteiger partial charge on any atom is 0.328 e. The van der Waals surface area contributed by atoms with Gasteiger partial charge in [-0.25, -0.2) is 4.79 Å². The van der Waals surface area contributed by atoms with Crippen molar-refractivity contribution in [2.75, 3.05) is 13.7 Å². The number of hydrogen-bond donors (Lipinski definition) is 0. The third-order valence-corrected chi connectivity index (χ3v) is 3.34. The smallest absolute Gasteiger partial charge is 0.328 e. The summed E-state index contributed by atoms with van der Waals surface area (Å²) < 4.78 is 4.73. The number of carbonyl (C=O) groups is 2. The van der Waals surface area contributed by atoms with Crippen LogP contribution in [0.3, 0.4) is 0 Å². The van der Waals surface area contributed by atoms with E-state index >= 15 is 0 Å². The summed E-state index contributed by atoms with van der Waals surface area (Å²) in [6.45, 7) is 4.71. The van der Waals surface area contributed by atoms with Gasteiger partial charge in [0.25, 0.3) is 0 Å². The molecule has 0 saturated carbocycles. The molecule has 0 radical (unpaired) electrons. The van der Waals surface area contributed by atoms with E-state index in [4.69, 9.17) is 4.74 Å². The van der Waals surface area contributed by atoms with Crippen LogP contribution in [0, 0.1) is 5.92 Å². The van der Waals surface area contributed by atoms with Crippen molar-refractivity contribution in [3.05, 3.63) is 0 Å². The molecule has 1 amide bonds. The predicted octanol–water partition coefficient (Wildman–Crippen LogP) is 1.59. The monoisotopic (exact) mass is 227 g/mol. The molecule has 1 rings (SSSR count). The van der Waals surface area contributed by atoms with Gasteiger partial charge >= 0.3 is 5.97 Å². The van der Waals surface area contributed by atoms with Crippen molar-refractivity contribution in [3.63, 3.8) is 0 Å². The van der Waals surface area contributed by atoms with Gasteiger partial charge < -0.3 is 9.64 Å². The van der Waals surface area contributed by atoms with Crippen LogP contribution in [0.25, 0.3) is 0 Å². The maximum absolute atomic E-state index is 12.2. The first-order chi connectivity index (χ1) is 7.65. The van der Waals surface area contributed by atoms with Crippen molar-refractivity contribution < 1.29 is 14.3 Å². The maximum atomic E-state index is 12.2. The van der Waals surface area contributed by atoms with Crippen LogP contribution in [0.4, 0.5) is 0 Å². The summed E-state index contributed by atoms with van der Waals surface area (Å²) >= 11 is 0. The van der Waals surface area contributed by atoms with Crippen LogP contribution in [0.1, 0.15) is 39.5 Å². The number of methoxy groups -OCH3 is 1. The Morgan fingerprint density at radius 1 is 1.38 bits per heavy atom. The molecule has 1 aliphatic rings. The van der Waals surface area contributed by atoms with Gasteiger partial charge in [-0.3, -0.25) is 4.79 Å². The average molecular weight is 227 g/mol. The van der Waals surface area contributed by atoms with E-state index in [9.17, 15) is 9.59 Å². The highest BCUT2D eigenvalue weighted by Gasteiger charge is 2.36. The highest BCUT2D eigenvalue weighted by molar-refractivity contribution is 5.86. The van der Waals surface area contributed by atoms with Crippen LogP contribution in [-0.4, -0.2) is 36.5 Å². The Bertz CT molecular complexity index is 261. The lowest BCUT2D eigenvalue weighted by molar-refractivity contribution is -0.152. The summed E-state index contributed by atoms with van der Waals surface area (Å²) in [6, 6.07) is -0.349. The minimum absolute atomic E-state index is 0.0465. The second-order valence-electron chi connectivity index (χ2n) is 4.23. The van der Waals surface area contributed by atoms with Gasteiger partial charge in [0.15, 0.2) is 0 Å². The first-order valence-corrected chi connectivity index (χ1v) is 6.03. The van der Waals surface area contributed by atoms with E-state index in [-0.39, 0.29) is 23.8 Å². The fraction of sp³-hybridized carbons (Fsp3) is 0.833. The summed E-state index contributed by atoms with van der Waals surface area (Å²) in [6.07, 6.45) is 3.30. The van der Waals surface area contributed by atoms with E-state index in [1.165, 1.54) is 7.11 Å². The number of hydrogen-bond acceptors (Lipinski definition) is 3. The Balaban J connectivity index is 2.70. The number of rotatable bonds is 4. The van der Waals surface area contributed by atoms with E-state index in [0.717, 1.165) is 25.7 Å². The molecule has 16 heavy (non-hydrogen) atoms. The predicted molar refractivity (Wildman–Crippen MR) is 60.8 cm³/mol. The van der Waals surface area contributed by atoms with Gasteiger partial charge in [-0.05, 0) is 25.7 Å². The second-order valence-corrected chi connectivity index (χ2v) is 4.23. The Kier molecular flexibility index (Phi) is 4.77. The molecule has 0 N–H and O–H groups in total. The zero-order valence-corrected chi connectivity index (χ0v) is 10.4. The normalized spacial score (nSPS) is 20.2. The fourth-order valence-electron chi connectivity index (χ4n) is 2.28. The first kappa shape index (κ1) is 13.0. The van der Waals surface area contributed by atoms with Crippen LogP contribution in [-0.2, 0) is 14.3 Å². The molecule has 0 aromatic carbocycles. The van der Waals surface area contributed by atoms with Gasteiger partial charge in [0.1, 0.15) is 6.04 Å². The van der Waals surface area contributed by atoms with Crippen molar-refractivity contribution >= 4 is 11.9 Å². The van der Waals surface area contributed by atoms with E-state index in [1.807, 2.05) is 13.8 Å². The molecule has 1 saturated heterocycles. The summed E-state index contributed by atoms with van der Waals surface area (Å²) in [5.74, 6) is -0.125. The highest BCUT2D eigenvalue weighted by atomic mass is 16.5. The van der Waals surface area contributed by atoms with E-state index in [0.29, 0.717) is 6.54 Å². The van der Waals surface area contributed by atoms with Crippen LogP contribution in [0.2, 0.25) is 0 Å². The Morgan fingerprint density at radius 3 is 2.50 bits per heavy atom. The number of carbonyl (C=O) groups excluding carboxylic acids is 2. The topological polar surface area (TPSA) is 46.6 Å². The number of nitrogens with zero attached hydrogens (tertiary/aromatic N) is 1. The zero-order valence-electron chi connectivity index (χ0n) is 10.4. The summed E-state index contributed by atoms with van der Waals surface area (Å²) in [7, 11) is 1.38. The molecule has 1 unspecified atom stereocenters. The lowest BCUT2D eigenvalue weighted by Gasteiger charge is -2.26. The van der Waals surface area contributed by atoms with Crippen LogP contribution in [0.15, 0.2) is 0 Å². The third kappa shape index (κ3) is 2.54. The molecule has 0 aromatic heterocycles. The summed E-state index contributed by atoms with van der Waals surface area (Å²) in [5.41, 5.74) is 0. The van der Waals surface area contributed by atoms with Gasteiger partial charge in [-0.2, -0.15) is 0 Å². The summed E-state index contributed by atoms with van der Waals surface area (Å²) in [5, 5.41) is 0. The quantitative estimate of drug-likeness (QED) is 0.685. The molecule has 4 heteroatoms. The highest BCUT2D eigenvalue weighted by Crippen LogP contribution is 2.23. The molecule has 4 nitrogen and oxygen atoms in total. The fourth-order valence-corrected chi connectivity index (χ4v) is 2.28. The van der Waals surface area contributed by atoms with Gasteiger partial charge in [-0.1, -0.05) is 13.8 Å². The first-order valence-electron chi connectivity index (χ1n) is 6.03. The molecule has 1 heterocycles. The molecular weight excluding hydrogens is 206 g/mol. The second kappa shape index (κ2) is 5.87. The Labute approximate surface area is 96.9 Å². The zero-order chi connectivity index (χ0) is 12.1. The van der Waals surface area contributed by atoms with Crippen molar-refractivity contribution in [2.45, 2.75) is 45.6 Å². The summed E-state index contributed by atoms with van der Waals surface area (Å²) in [4.78, 5) is 25.4. The van der Waals surface area contributed by atoms with Crippen LogP contribution >= 0.6 is 0 Å². The number of amides is 1. The van der Waals surface area contributed by atoms with Crippen molar-refractivity contribution in [1.82, 2.24) is 4.90 Å². The van der Waals surface area contributed by atoms with E-state index in [2.05, 4.69) is 0 Å². The van der Waals surface area contributed by atoms with Gasteiger partial charge in [0.05, 0.1) is 7.11 Å². The lowest BCUT2D eigenvalue weighted by atomic mass is 10.0. The molecule has 0 spiro atoms. The number of likely N-dealkylation sites (tertiary alicyclic amines) is 1. The molecule has 1 fully saturated rings. The van der Waals surface area contributed by atoms with Gasteiger partial charge in [0, 0.05) is 12.5 Å². The van der Waals surface area contributed by atoms with E-state index < -0.39 is 0 Å². The van der Waals surface area contributed by atoms with E-state index in [1.54, 1.807) is 4.90 Å². The van der Waals surface area contributed by atoms with Gasteiger partial charge in [-0.15, -0.1) is 0 Å². The molecule has 92 valence electrons. The van der Waals surface area contributed by atoms with Gasteiger partial charge in [0.2, 0.25) is 5.91 Å². The minimum Gasteiger partial charge on any atom is -0.467 e. The number of esters is 1. The Morgan fingerprint density at radius 2 is 2.00 bits per heavy atom. The van der Waals surface area contributed by atoms with Crippen molar-refractivity contribution in [2.24, 2.45) is 5.92 Å².